The molecule has 5 rings (SSSR count). The monoisotopic (exact) mass is 396 g/mol. The van der Waals surface area contributed by atoms with Crippen LogP contribution in [-0.2, 0) is 4.79 Å². The van der Waals surface area contributed by atoms with Gasteiger partial charge in [-0.1, -0.05) is 6.92 Å². The number of hydrogen-bond acceptors (Lipinski definition) is 3. The van der Waals surface area contributed by atoms with Crippen molar-refractivity contribution in [2.45, 2.75) is 32.7 Å². The molecule has 2 aliphatic rings. The van der Waals surface area contributed by atoms with Gasteiger partial charge in [0.05, 0.1) is 29.2 Å². The summed E-state index contributed by atoms with van der Waals surface area (Å²) in [5.41, 5.74) is 2.73. The van der Waals surface area contributed by atoms with Gasteiger partial charge in [-0.2, -0.15) is 0 Å². The average Bonchev–Trinajstić information content (AvgIpc) is 3.02. The first kappa shape index (κ1) is 18.2. The predicted molar refractivity (Wildman–Crippen MR) is 105 cm³/mol. The molecule has 7 heteroatoms. The van der Waals surface area contributed by atoms with Crippen molar-refractivity contribution in [2.75, 3.05) is 5.32 Å². The Morgan fingerprint density at radius 1 is 1.17 bits per heavy atom. The number of pyridine rings is 1. The number of amides is 1. The van der Waals surface area contributed by atoms with E-state index >= 15 is 0 Å². The molecule has 0 bridgehead atoms. The number of anilines is 1. The second-order valence-corrected chi connectivity index (χ2v) is 8.40. The quantitative estimate of drug-likeness (QED) is 0.707. The lowest BCUT2D eigenvalue weighted by Crippen LogP contribution is -2.24. The maximum Gasteiger partial charge on any atom is 0.227 e. The van der Waals surface area contributed by atoms with Crippen LogP contribution >= 0.6 is 0 Å². The van der Waals surface area contributed by atoms with E-state index in [-0.39, 0.29) is 17.9 Å². The van der Waals surface area contributed by atoms with Crippen molar-refractivity contribution < 1.29 is 13.6 Å². The number of carbonyl (C=O) groups excluding carboxylic acids is 1. The molecule has 1 amide bonds. The number of aryl methyl sites for hydroxylation is 1. The number of nitrogens with zero attached hydrogens (tertiary/aromatic N) is 3. The minimum atomic E-state index is -0.874. The van der Waals surface area contributed by atoms with Crippen LogP contribution in [0.5, 0.6) is 0 Å². The highest BCUT2D eigenvalue weighted by molar-refractivity contribution is 5.92. The van der Waals surface area contributed by atoms with Crippen LogP contribution in [0, 0.1) is 42.2 Å². The van der Waals surface area contributed by atoms with Crippen LogP contribution in [-0.4, -0.2) is 20.4 Å². The molecule has 2 aliphatic carbocycles. The molecule has 2 heterocycles. The fraction of sp³-hybridized carbons (Fsp3) is 0.409. The molecule has 5 atom stereocenters. The van der Waals surface area contributed by atoms with E-state index < -0.39 is 11.6 Å². The smallest absolute Gasteiger partial charge is 0.227 e. The normalized spacial score (nSPS) is 26.3. The maximum absolute atomic E-state index is 13.7. The summed E-state index contributed by atoms with van der Waals surface area (Å²) in [6, 6.07) is 6.33. The SMILES string of the molecule is Cc1ccc(NC(=O)C(C)[C@H]2[C@@H]3C[C@@H](n4cnc5cc(F)c(F)cc54)C[C@@H]32)cn1. The average molecular weight is 396 g/mol. The summed E-state index contributed by atoms with van der Waals surface area (Å²) in [6.07, 6.45) is 5.22. The number of carbonyl (C=O) groups is 1. The molecule has 1 aromatic carbocycles. The number of aromatic nitrogens is 3. The molecule has 5 nitrogen and oxygen atoms in total. The van der Waals surface area contributed by atoms with Crippen molar-refractivity contribution in [2.24, 2.45) is 23.7 Å². The number of nitrogens with one attached hydrogen (secondary N) is 1. The maximum atomic E-state index is 13.7. The van der Waals surface area contributed by atoms with Crippen LogP contribution in [0.25, 0.3) is 11.0 Å². The van der Waals surface area contributed by atoms with Gasteiger partial charge >= 0.3 is 0 Å². The summed E-state index contributed by atoms with van der Waals surface area (Å²) in [4.78, 5) is 21.1. The van der Waals surface area contributed by atoms with Gasteiger partial charge in [-0.15, -0.1) is 0 Å². The zero-order chi connectivity index (χ0) is 20.3. The van der Waals surface area contributed by atoms with Gasteiger partial charge in [0.15, 0.2) is 11.6 Å². The summed E-state index contributed by atoms with van der Waals surface area (Å²) < 4.78 is 29.1. The van der Waals surface area contributed by atoms with E-state index in [2.05, 4.69) is 15.3 Å². The fourth-order valence-electron chi connectivity index (χ4n) is 5.12. The van der Waals surface area contributed by atoms with Crippen LogP contribution in [0.15, 0.2) is 36.8 Å². The predicted octanol–water partition coefficient (Wildman–Crippen LogP) is 4.49. The number of benzene rings is 1. The molecule has 2 aromatic heterocycles. The largest absolute Gasteiger partial charge is 0.327 e. The topological polar surface area (TPSA) is 59.8 Å². The zero-order valence-electron chi connectivity index (χ0n) is 16.3. The lowest BCUT2D eigenvalue weighted by atomic mass is 9.96. The van der Waals surface area contributed by atoms with Crippen LogP contribution in [0.4, 0.5) is 14.5 Å². The van der Waals surface area contributed by atoms with E-state index in [0.717, 1.165) is 30.3 Å². The van der Waals surface area contributed by atoms with E-state index in [1.54, 1.807) is 12.5 Å². The van der Waals surface area contributed by atoms with Crippen molar-refractivity contribution in [3.8, 4) is 0 Å². The molecule has 1 N–H and O–H groups in total. The van der Waals surface area contributed by atoms with Gasteiger partial charge in [0.1, 0.15) is 0 Å². The van der Waals surface area contributed by atoms with Crippen molar-refractivity contribution in [1.29, 1.82) is 0 Å². The van der Waals surface area contributed by atoms with E-state index in [9.17, 15) is 13.6 Å². The van der Waals surface area contributed by atoms with Gasteiger partial charge in [0, 0.05) is 29.8 Å². The first-order valence-corrected chi connectivity index (χ1v) is 9.97. The van der Waals surface area contributed by atoms with Gasteiger partial charge < -0.3 is 9.88 Å². The Kier molecular flexibility index (Phi) is 4.15. The van der Waals surface area contributed by atoms with Crippen molar-refractivity contribution in [1.82, 2.24) is 14.5 Å². The highest BCUT2D eigenvalue weighted by Gasteiger charge is 2.59. The summed E-state index contributed by atoms with van der Waals surface area (Å²) in [6.45, 7) is 3.89. The minimum absolute atomic E-state index is 0.0252. The summed E-state index contributed by atoms with van der Waals surface area (Å²) in [5, 5.41) is 2.96. The number of rotatable bonds is 4. The molecule has 0 radical (unpaired) electrons. The Labute approximate surface area is 167 Å². The molecule has 0 aliphatic heterocycles. The number of imidazole rings is 1. The van der Waals surface area contributed by atoms with Crippen LogP contribution in [0.2, 0.25) is 0 Å². The summed E-state index contributed by atoms with van der Waals surface area (Å²) in [5.74, 6) is -0.430. The molecular weight excluding hydrogens is 374 g/mol. The Hall–Kier alpha value is -2.83. The third-order valence-electron chi connectivity index (χ3n) is 6.67. The van der Waals surface area contributed by atoms with Crippen LogP contribution < -0.4 is 5.32 Å². The van der Waals surface area contributed by atoms with Gasteiger partial charge in [0.2, 0.25) is 5.91 Å². The van der Waals surface area contributed by atoms with Crippen molar-refractivity contribution in [3.05, 3.63) is 54.1 Å². The Balaban J connectivity index is 1.25. The lowest BCUT2D eigenvalue weighted by molar-refractivity contribution is -0.120. The van der Waals surface area contributed by atoms with Crippen molar-refractivity contribution in [3.63, 3.8) is 0 Å². The molecule has 2 fully saturated rings. The third kappa shape index (κ3) is 3.09. The number of hydrogen-bond donors (Lipinski definition) is 1. The second kappa shape index (κ2) is 6.61. The summed E-state index contributed by atoms with van der Waals surface area (Å²) >= 11 is 0. The molecule has 0 saturated heterocycles. The molecule has 0 spiro atoms. The van der Waals surface area contributed by atoms with Gasteiger partial charge in [-0.3, -0.25) is 9.78 Å². The highest BCUT2D eigenvalue weighted by atomic mass is 19.2. The third-order valence-corrected chi connectivity index (χ3v) is 6.67. The Morgan fingerprint density at radius 3 is 2.59 bits per heavy atom. The molecule has 2 saturated carbocycles. The summed E-state index contributed by atoms with van der Waals surface area (Å²) in [7, 11) is 0. The zero-order valence-corrected chi connectivity index (χ0v) is 16.3. The highest BCUT2D eigenvalue weighted by Crippen LogP contribution is 2.64. The van der Waals surface area contributed by atoms with Gasteiger partial charge in [-0.05, 0) is 49.7 Å². The number of fused-ring (bicyclic) bond motifs is 2. The van der Waals surface area contributed by atoms with E-state index in [0.29, 0.717) is 28.8 Å². The first-order chi connectivity index (χ1) is 13.9. The first-order valence-electron chi connectivity index (χ1n) is 9.97. The molecular formula is C22H22F2N4O. The second-order valence-electron chi connectivity index (χ2n) is 8.40. The van der Waals surface area contributed by atoms with Crippen molar-refractivity contribution >= 4 is 22.6 Å². The minimum Gasteiger partial charge on any atom is -0.327 e. The Morgan fingerprint density at radius 2 is 1.90 bits per heavy atom. The molecule has 1 unspecified atom stereocenters. The number of halogens is 2. The Bertz CT molecular complexity index is 1080. The van der Waals surface area contributed by atoms with Crippen LogP contribution in [0.1, 0.15) is 31.5 Å². The molecule has 29 heavy (non-hydrogen) atoms. The molecule has 150 valence electrons. The van der Waals surface area contributed by atoms with Gasteiger partial charge in [-0.25, -0.2) is 13.8 Å². The van der Waals surface area contributed by atoms with E-state index in [1.165, 1.54) is 6.07 Å². The molecule has 3 aromatic rings. The van der Waals surface area contributed by atoms with Gasteiger partial charge in [0.25, 0.3) is 0 Å². The van der Waals surface area contributed by atoms with Crippen LogP contribution in [0.3, 0.4) is 0 Å². The standard InChI is InChI=1S/C22H22F2N4O/c1-11-3-4-13(9-25-11)27-22(29)12(2)21-15-5-14(6-16(15)21)28-10-26-19-7-17(23)18(24)8-20(19)28/h3-4,7-10,12,14-16,21H,5-6H2,1-2H3,(H,27,29)/t12?,14-,15-,16+,21+. The van der Waals surface area contributed by atoms with E-state index in [4.69, 9.17) is 0 Å². The lowest BCUT2D eigenvalue weighted by Gasteiger charge is -2.19. The van der Waals surface area contributed by atoms with E-state index in [1.807, 2.05) is 30.5 Å². The fourth-order valence-corrected chi connectivity index (χ4v) is 5.12.